The Morgan fingerprint density at radius 3 is 2.68 bits per heavy atom. The Bertz CT molecular complexity index is 1050. The van der Waals surface area contributed by atoms with Gasteiger partial charge in [-0.05, 0) is 30.3 Å². The summed E-state index contributed by atoms with van der Waals surface area (Å²) in [6.45, 7) is 2.68. The summed E-state index contributed by atoms with van der Waals surface area (Å²) in [6.07, 6.45) is 1.85. The summed E-state index contributed by atoms with van der Waals surface area (Å²) in [5.41, 5.74) is 2.51. The van der Waals surface area contributed by atoms with Crippen molar-refractivity contribution < 1.29 is 9.59 Å². The van der Waals surface area contributed by atoms with E-state index in [0.717, 1.165) is 29.5 Å². The van der Waals surface area contributed by atoms with Crippen LogP contribution in [0.1, 0.15) is 5.69 Å². The van der Waals surface area contributed by atoms with E-state index >= 15 is 0 Å². The summed E-state index contributed by atoms with van der Waals surface area (Å²) < 4.78 is 0. The van der Waals surface area contributed by atoms with Crippen LogP contribution >= 0.6 is 22.9 Å². The van der Waals surface area contributed by atoms with Gasteiger partial charge >= 0.3 is 0 Å². The van der Waals surface area contributed by atoms with E-state index < -0.39 is 0 Å². The first-order valence-corrected chi connectivity index (χ1v) is 11.2. The van der Waals surface area contributed by atoms with Crippen LogP contribution in [0.3, 0.4) is 0 Å². The van der Waals surface area contributed by atoms with Crippen molar-refractivity contribution in [3.8, 4) is 10.7 Å². The average Bonchev–Trinajstić information content (AvgIpc) is 3.26. The molecule has 4 rings (SSSR count). The smallest absolute Gasteiger partial charge is 0.242 e. The highest BCUT2D eigenvalue weighted by Gasteiger charge is 2.22. The minimum absolute atomic E-state index is 0.00671. The maximum atomic E-state index is 12.5. The number of hydrogen-bond donors (Lipinski definition) is 1. The molecular formula is C22H22ClN5O2S. The average molecular weight is 456 g/mol. The van der Waals surface area contributed by atoms with Crippen LogP contribution in [0.2, 0.25) is 5.02 Å². The molecule has 1 aromatic carbocycles. The Kier molecular flexibility index (Phi) is 6.79. The van der Waals surface area contributed by atoms with Crippen molar-refractivity contribution in [1.82, 2.24) is 20.2 Å². The van der Waals surface area contributed by atoms with Gasteiger partial charge in [0.2, 0.25) is 11.8 Å². The highest BCUT2D eigenvalue weighted by Crippen LogP contribution is 2.22. The number of thiazole rings is 1. The minimum atomic E-state index is -0.219. The molecule has 1 saturated heterocycles. The van der Waals surface area contributed by atoms with E-state index in [4.69, 9.17) is 11.6 Å². The van der Waals surface area contributed by atoms with Gasteiger partial charge in [0.15, 0.2) is 0 Å². The molecule has 2 amide bonds. The van der Waals surface area contributed by atoms with Crippen LogP contribution < -0.4 is 10.2 Å². The van der Waals surface area contributed by atoms with Gasteiger partial charge < -0.3 is 15.1 Å². The number of hydrogen-bond acceptors (Lipinski definition) is 6. The predicted molar refractivity (Wildman–Crippen MR) is 122 cm³/mol. The summed E-state index contributed by atoms with van der Waals surface area (Å²) >= 11 is 7.52. The maximum Gasteiger partial charge on any atom is 0.242 e. The number of carbonyl (C=O) groups is 2. The van der Waals surface area contributed by atoms with Crippen LogP contribution in [0.4, 0.5) is 5.69 Å². The van der Waals surface area contributed by atoms with Crippen molar-refractivity contribution >= 4 is 40.4 Å². The second-order valence-electron chi connectivity index (χ2n) is 7.16. The second kappa shape index (κ2) is 9.89. The summed E-state index contributed by atoms with van der Waals surface area (Å²) in [5, 5.41) is 6.04. The molecule has 3 aromatic rings. The number of nitrogens with one attached hydrogen (secondary N) is 1. The highest BCUT2D eigenvalue weighted by molar-refractivity contribution is 7.13. The Balaban J connectivity index is 1.22. The van der Waals surface area contributed by atoms with Crippen molar-refractivity contribution in [1.29, 1.82) is 0 Å². The van der Waals surface area contributed by atoms with Crippen molar-refractivity contribution in [2.45, 2.75) is 6.42 Å². The van der Waals surface area contributed by atoms with Crippen molar-refractivity contribution in [2.75, 3.05) is 37.6 Å². The predicted octanol–water partition coefficient (Wildman–Crippen LogP) is 2.87. The van der Waals surface area contributed by atoms with E-state index in [9.17, 15) is 9.59 Å². The quantitative estimate of drug-likeness (QED) is 0.618. The lowest BCUT2D eigenvalue weighted by atomic mass is 10.2. The molecule has 3 heterocycles. The molecule has 0 radical (unpaired) electrons. The fourth-order valence-corrected chi connectivity index (χ4v) is 4.37. The third-order valence-electron chi connectivity index (χ3n) is 5.02. The molecule has 7 nitrogen and oxygen atoms in total. The number of nitrogens with zero attached hydrogens (tertiary/aromatic N) is 4. The SMILES string of the molecule is O=C(Cc1csc(-c2ccccn2)n1)NCC(=O)N1CCN(c2cccc(Cl)c2)CC1. The molecule has 1 fully saturated rings. The number of benzene rings is 1. The van der Waals surface area contributed by atoms with Crippen LogP contribution in [0, 0.1) is 0 Å². The molecular weight excluding hydrogens is 434 g/mol. The molecule has 0 atom stereocenters. The maximum absolute atomic E-state index is 12.5. The van der Waals surface area contributed by atoms with E-state index in [1.165, 1.54) is 11.3 Å². The molecule has 1 N–H and O–H groups in total. The number of pyridine rings is 1. The topological polar surface area (TPSA) is 78.4 Å². The van der Waals surface area contributed by atoms with Crippen LogP contribution in [0.5, 0.6) is 0 Å². The number of piperazine rings is 1. The van der Waals surface area contributed by atoms with Crippen LogP contribution in [0.15, 0.2) is 54.0 Å². The largest absolute Gasteiger partial charge is 0.368 e. The molecule has 1 aliphatic heterocycles. The molecule has 31 heavy (non-hydrogen) atoms. The monoisotopic (exact) mass is 455 g/mol. The van der Waals surface area contributed by atoms with Gasteiger partial charge in [0.1, 0.15) is 5.01 Å². The van der Waals surface area contributed by atoms with Crippen LogP contribution in [0.25, 0.3) is 10.7 Å². The standard InChI is InChI=1S/C22H22ClN5O2S/c23-16-4-3-5-18(12-16)27-8-10-28(11-9-27)21(30)14-25-20(29)13-17-15-31-22(26-17)19-6-1-2-7-24-19/h1-7,12,15H,8-11,13-14H2,(H,25,29). The fraction of sp³-hybridized carbons (Fsp3) is 0.273. The number of rotatable bonds is 6. The van der Waals surface area contributed by atoms with Gasteiger partial charge in [-0.15, -0.1) is 11.3 Å². The van der Waals surface area contributed by atoms with Gasteiger partial charge in [0.25, 0.3) is 0 Å². The lowest BCUT2D eigenvalue weighted by molar-refractivity contribution is -0.133. The molecule has 1 aliphatic rings. The summed E-state index contributed by atoms with van der Waals surface area (Å²) in [6, 6.07) is 13.3. The first-order chi connectivity index (χ1) is 15.1. The Morgan fingerprint density at radius 2 is 1.94 bits per heavy atom. The first kappa shape index (κ1) is 21.3. The van der Waals surface area contributed by atoms with Gasteiger partial charge in [-0.3, -0.25) is 14.6 Å². The molecule has 0 aliphatic carbocycles. The zero-order valence-corrected chi connectivity index (χ0v) is 18.4. The minimum Gasteiger partial charge on any atom is -0.368 e. The van der Waals surface area contributed by atoms with Crippen molar-refractivity contribution in [2.24, 2.45) is 0 Å². The molecule has 0 saturated carbocycles. The Hall–Kier alpha value is -2.97. The third kappa shape index (κ3) is 5.59. The Morgan fingerprint density at radius 1 is 1.10 bits per heavy atom. The van der Waals surface area contributed by atoms with Crippen molar-refractivity contribution in [3.05, 3.63) is 64.8 Å². The van der Waals surface area contributed by atoms with Gasteiger partial charge in [-0.25, -0.2) is 4.98 Å². The zero-order valence-electron chi connectivity index (χ0n) is 16.8. The lowest BCUT2D eigenvalue weighted by Gasteiger charge is -2.36. The lowest BCUT2D eigenvalue weighted by Crippen LogP contribution is -2.51. The van der Waals surface area contributed by atoms with Gasteiger partial charge in [0, 0.05) is 48.5 Å². The summed E-state index contributed by atoms with van der Waals surface area (Å²) in [7, 11) is 0. The molecule has 0 spiro atoms. The van der Waals surface area contributed by atoms with Crippen LogP contribution in [-0.2, 0) is 16.0 Å². The van der Waals surface area contributed by atoms with E-state index in [1.807, 2.05) is 47.8 Å². The normalized spacial score (nSPS) is 13.8. The number of amides is 2. The van der Waals surface area contributed by atoms with Crippen LogP contribution in [-0.4, -0.2) is 59.4 Å². The fourth-order valence-electron chi connectivity index (χ4n) is 3.39. The summed E-state index contributed by atoms with van der Waals surface area (Å²) in [5.74, 6) is -0.296. The molecule has 2 aromatic heterocycles. The molecule has 0 bridgehead atoms. The third-order valence-corrected chi connectivity index (χ3v) is 6.17. The van der Waals surface area contributed by atoms with E-state index in [1.54, 1.807) is 11.1 Å². The second-order valence-corrected chi connectivity index (χ2v) is 8.45. The first-order valence-electron chi connectivity index (χ1n) is 9.99. The highest BCUT2D eigenvalue weighted by atomic mass is 35.5. The summed E-state index contributed by atoms with van der Waals surface area (Å²) in [4.78, 5) is 37.5. The molecule has 160 valence electrons. The van der Waals surface area contributed by atoms with Crippen molar-refractivity contribution in [3.63, 3.8) is 0 Å². The van der Waals surface area contributed by atoms with Gasteiger partial charge in [-0.2, -0.15) is 0 Å². The van der Waals surface area contributed by atoms with E-state index in [0.29, 0.717) is 23.8 Å². The zero-order chi connectivity index (χ0) is 21.6. The van der Waals surface area contributed by atoms with Gasteiger partial charge in [0.05, 0.1) is 24.4 Å². The molecule has 9 heteroatoms. The number of aromatic nitrogens is 2. The van der Waals surface area contributed by atoms with E-state index in [-0.39, 0.29) is 24.8 Å². The number of halogens is 1. The number of anilines is 1. The van der Waals surface area contributed by atoms with Gasteiger partial charge in [-0.1, -0.05) is 23.7 Å². The van der Waals surface area contributed by atoms with E-state index in [2.05, 4.69) is 20.2 Å². The Labute approximate surface area is 189 Å². The molecule has 0 unspecified atom stereocenters. The number of carbonyl (C=O) groups excluding carboxylic acids is 2.